The van der Waals surface area contributed by atoms with Crippen molar-refractivity contribution in [3.8, 4) is 0 Å². The first kappa shape index (κ1) is 19.3. The van der Waals surface area contributed by atoms with Crippen molar-refractivity contribution in [1.82, 2.24) is 14.8 Å². The first-order valence-corrected chi connectivity index (χ1v) is 9.96. The van der Waals surface area contributed by atoms with Crippen LogP contribution in [0.4, 0.5) is 0 Å². The van der Waals surface area contributed by atoms with Gasteiger partial charge < -0.3 is 10.3 Å². The van der Waals surface area contributed by atoms with E-state index in [9.17, 15) is 4.79 Å². The first-order valence-electron chi connectivity index (χ1n) is 8.97. The van der Waals surface area contributed by atoms with Gasteiger partial charge in [0.15, 0.2) is 16.8 Å². The largest absolute Gasteiger partial charge is 0.318 e. The summed E-state index contributed by atoms with van der Waals surface area (Å²) >= 11 is 1.40. The fourth-order valence-corrected chi connectivity index (χ4v) is 3.71. The van der Waals surface area contributed by atoms with E-state index >= 15 is 0 Å². The molecule has 0 bridgehead atoms. The number of hydrogen-bond acceptors (Lipinski definition) is 5. The summed E-state index contributed by atoms with van der Waals surface area (Å²) in [5, 5.41) is 9.30. The van der Waals surface area contributed by atoms with Gasteiger partial charge in [-0.1, -0.05) is 71.4 Å². The summed E-state index contributed by atoms with van der Waals surface area (Å²) in [5.74, 6) is 1.11. The van der Waals surface area contributed by atoms with Crippen LogP contribution in [0.25, 0.3) is 0 Å². The summed E-state index contributed by atoms with van der Waals surface area (Å²) in [7, 11) is 0. The predicted octanol–water partition coefficient (Wildman–Crippen LogP) is 3.94. The number of nitrogens with zero attached hydrogens (tertiary/aromatic N) is 3. The molecule has 0 fully saturated rings. The SMILES string of the molecule is CCn1c(SCC(=O)c2ccc(C)cc2)nnc1C(N)c1ccc(C)cc1. The Bertz CT molecular complexity index is 916. The molecule has 27 heavy (non-hydrogen) atoms. The summed E-state index contributed by atoms with van der Waals surface area (Å²) in [6, 6.07) is 15.4. The molecule has 5 nitrogen and oxygen atoms in total. The third kappa shape index (κ3) is 4.46. The van der Waals surface area contributed by atoms with Crippen molar-refractivity contribution in [2.45, 2.75) is 38.5 Å². The standard InChI is InChI=1S/C21H24N4OS/c1-4-25-20(19(22)17-11-7-15(3)8-12-17)23-24-21(25)27-13-18(26)16-9-5-14(2)6-10-16/h5-12,19H,4,13,22H2,1-3H3. The van der Waals surface area contributed by atoms with Gasteiger partial charge in [0.2, 0.25) is 0 Å². The summed E-state index contributed by atoms with van der Waals surface area (Å²) in [4.78, 5) is 12.4. The van der Waals surface area contributed by atoms with Crippen molar-refractivity contribution in [1.29, 1.82) is 0 Å². The van der Waals surface area contributed by atoms with Crippen molar-refractivity contribution in [3.63, 3.8) is 0 Å². The predicted molar refractivity (Wildman–Crippen MR) is 109 cm³/mol. The first-order chi connectivity index (χ1) is 13.0. The van der Waals surface area contributed by atoms with Gasteiger partial charge in [-0.05, 0) is 26.3 Å². The Morgan fingerprint density at radius 1 is 1.04 bits per heavy atom. The Hall–Kier alpha value is -2.44. The highest BCUT2D eigenvalue weighted by molar-refractivity contribution is 7.99. The van der Waals surface area contributed by atoms with Crippen LogP contribution in [-0.4, -0.2) is 26.3 Å². The summed E-state index contributed by atoms with van der Waals surface area (Å²) in [5.41, 5.74) is 10.5. The van der Waals surface area contributed by atoms with E-state index in [2.05, 4.69) is 10.2 Å². The van der Waals surface area contributed by atoms with Crippen molar-refractivity contribution in [3.05, 3.63) is 76.6 Å². The summed E-state index contributed by atoms with van der Waals surface area (Å²) < 4.78 is 1.98. The molecule has 1 atom stereocenters. The van der Waals surface area contributed by atoms with Crippen LogP contribution in [-0.2, 0) is 6.54 Å². The zero-order valence-electron chi connectivity index (χ0n) is 15.8. The van der Waals surface area contributed by atoms with Crippen LogP contribution < -0.4 is 5.73 Å². The van der Waals surface area contributed by atoms with E-state index in [4.69, 9.17) is 5.73 Å². The van der Waals surface area contributed by atoms with Gasteiger partial charge in [0.25, 0.3) is 0 Å². The van der Waals surface area contributed by atoms with Gasteiger partial charge in [-0.3, -0.25) is 4.79 Å². The van der Waals surface area contributed by atoms with E-state index in [1.54, 1.807) is 0 Å². The average molecular weight is 381 g/mol. The van der Waals surface area contributed by atoms with Crippen LogP contribution in [0.3, 0.4) is 0 Å². The normalized spacial score (nSPS) is 12.1. The molecule has 2 N–H and O–H groups in total. The monoisotopic (exact) mass is 380 g/mol. The van der Waals surface area contributed by atoms with E-state index in [0.29, 0.717) is 23.7 Å². The third-order valence-electron chi connectivity index (χ3n) is 4.48. The number of thioether (sulfide) groups is 1. The molecule has 0 aliphatic rings. The number of benzene rings is 2. The fraction of sp³-hybridized carbons (Fsp3) is 0.286. The molecule has 0 saturated heterocycles. The van der Waals surface area contributed by atoms with Crippen molar-refractivity contribution in [2.75, 3.05) is 5.75 Å². The van der Waals surface area contributed by atoms with Crippen molar-refractivity contribution in [2.24, 2.45) is 5.73 Å². The molecule has 140 valence electrons. The zero-order chi connectivity index (χ0) is 19.4. The molecule has 0 aliphatic heterocycles. The van der Waals surface area contributed by atoms with Crippen LogP contribution in [0, 0.1) is 13.8 Å². The Balaban J connectivity index is 1.74. The molecule has 1 aromatic heterocycles. The van der Waals surface area contributed by atoms with Gasteiger partial charge in [-0.15, -0.1) is 10.2 Å². The van der Waals surface area contributed by atoms with Crippen LogP contribution in [0.15, 0.2) is 53.7 Å². The smallest absolute Gasteiger partial charge is 0.191 e. The molecule has 0 radical (unpaired) electrons. The van der Waals surface area contributed by atoms with Crippen LogP contribution in [0.2, 0.25) is 0 Å². The zero-order valence-corrected chi connectivity index (χ0v) is 16.7. The number of nitrogens with two attached hydrogens (primary N) is 1. The maximum atomic E-state index is 12.4. The molecule has 1 unspecified atom stereocenters. The van der Waals surface area contributed by atoms with E-state index in [0.717, 1.165) is 16.3 Å². The van der Waals surface area contributed by atoms with E-state index in [1.807, 2.05) is 73.9 Å². The van der Waals surface area contributed by atoms with E-state index in [1.165, 1.54) is 17.3 Å². The number of aromatic nitrogens is 3. The molecule has 0 aliphatic carbocycles. The fourth-order valence-electron chi connectivity index (χ4n) is 2.81. The van der Waals surface area contributed by atoms with Crippen molar-refractivity contribution >= 4 is 17.5 Å². The number of carbonyl (C=O) groups excluding carboxylic acids is 1. The topological polar surface area (TPSA) is 73.8 Å². The molecule has 3 aromatic rings. The second-order valence-electron chi connectivity index (χ2n) is 6.55. The number of Topliss-reactive ketones (excluding diaryl/α,β-unsaturated/α-hetero) is 1. The lowest BCUT2D eigenvalue weighted by Gasteiger charge is -2.14. The lowest BCUT2D eigenvalue weighted by Crippen LogP contribution is -2.18. The lowest BCUT2D eigenvalue weighted by atomic mass is 10.1. The summed E-state index contributed by atoms with van der Waals surface area (Å²) in [6.45, 7) is 6.78. The molecular weight excluding hydrogens is 356 g/mol. The number of rotatable bonds is 7. The Morgan fingerprint density at radius 3 is 2.22 bits per heavy atom. The Labute approximate surface area is 164 Å². The minimum Gasteiger partial charge on any atom is -0.318 e. The minimum absolute atomic E-state index is 0.0787. The maximum absolute atomic E-state index is 12.4. The van der Waals surface area contributed by atoms with Crippen LogP contribution in [0.5, 0.6) is 0 Å². The van der Waals surface area contributed by atoms with Gasteiger partial charge in [0, 0.05) is 12.1 Å². The van der Waals surface area contributed by atoms with Gasteiger partial charge >= 0.3 is 0 Å². The molecular formula is C21H24N4OS. The molecule has 0 spiro atoms. The number of carbonyl (C=O) groups is 1. The second kappa shape index (κ2) is 8.50. The Morgan fingerprint density at radius 2 is 1.63 bits per heavy atom. The van der Waals surface area contributed by atoms with Gasteiger partial charge in [-0.25, -0.2) is 0 Å². The number of aryl methyl sites for hydroxylation is 2. The highest BCUT2D eigenvalue weighted by Gasteiger charge is 2.20. The third-order valence-corrected chi connectivity index (χ3v) is 5.45. The van der Waals surface area contributed by atoms with Gasteiger partial charge in [0.05, 0.1) is 11.8 Å². The summed E-state index contributed by atoms with van der Waals surface area (Å²) in [6.07, 6.45) is 0. The highest BCUT2D eigenvalue weighted by atomic mass is 32.2. The van der Waals surface area contributed by atoms with E-state index in [-0.39, 0.29) is 11.8 Å². The van der Waals surface area contributed by atoms with Crippen LogP contribution >= 0.6 is 11.8 Å². The highest BCUT2D eigenvalue weighted by Crippen LogP contribution is 2.24. The minimum atomic E-state index is -0.347. The molecule has 2 aromatic carbocycles. The van der Waals surface area contributed by atoms with Gasteiger partial charge in [0.1, 0.15) is 0 Å². The average Bonchev–Trinajstić information content (AvgIpc) is 3.09. The van der Waals surface area contributed by atoms with Crippen molar-refractivity contribution < 1.29 is 4.79 Å². The number of ketones is 1. The van der Waals surface area contributed by atoms with Gasteiger partial charge in [-0.2, -0.15) is 0 Å². The molecule has 6 heteroatoms. The van der Waals surface area contributed by atoms with E-state index < -0.39 is 0 Å². The molecule has 3 rings (SSSR count). The second-order valence-corrected chi connectivity index (χ2v) is 7.49. The van der Waals surface area contributed by atoms with Crippen LogP contribution in [0.1, 0.15) is 45.8 Å². The molecule has 1 heterocycles. The maximum Gasteiger partial charge on any atom is 0.191 e. The quantitative estimate of drug-likeness (QED) is 0.496. The lowest BCUT2D eigenvalue weighted by molar-refractivity contribution is 0.102. The molecule has 0 saturated carbocycles. The Kier molecular flexibility index (Phi) is 6.08. The molecule has 0 amide bonds. The number of hydrogen-bond donors (Lipinski definition) is 1.